The number of hydrogen-bond donors (Lipinski definition) is 2. The molecule has 4 N–H and O–H groups in total. The van der Waals surface area contributed by atoms with Crippen molar-refractivity contribution in [2.24, 2.45) is 23.3 Å². The topological polar surface area (TPSA) is 52.0 Å². The highest BCUT2D eigenvalue weighted by molar-refractivity contribution is 5.15. The largest absolute Gasteiger partial charge is 0.330 e. The van der Waals surface area contributed by atoms with Gasteiger partial charge in [-0.05, 0) is 51.6 Å². The molecule has 0 amide bonds. The van der Waals surface area contributed by atoms with E-state index >= 15 is 0 Å². The minimum Gasteiger partial charge on any atom is -0.330 e. The van der Waals surface area contributed by atoms with Crippen LogP contribution in [0.2, 0.25) is 0 Å². The van der Waals surface area contributed by atoms with Crippen molar-refractivity contribution in [3.63, 3.8) is 0 Å². The van der Waals surface area contributed by atoms with E-state index in [0.717, 1.165) is 25.9 Å². The van der Waals surface area contributed by atoms with E-state index in [2.05, 4.69) is 13.8 Å². The Morgan fingerprint density at radius 1 is 1.00 bits per heavy atom. The molecule has 2 heteroatoms. The highest BCUT2D eigenvalue weighted by Gasteiger charge is 2.24. The third-order valence-corrected chi connectivity index (χ3v) is 3.14. The summed E-state index contributed by atoms with van der Waals surface area (Å²) in [5, 5.41) is 0. The lowest BCUT2D eigenvalue weighted by Crippen LogP contribution is -2.32. The molecule has 1 aliphatic carbocycles. The fourth-order valence-corrected chi connectivity index (χ4v) is 2.02. The maximum absolute atomic E-state index is 5.70. The average Bonchev–Trinajstić information content (AvgIpc) is 2.09. The van der Waals surface area contributed by atoms with Crippen molar-refractivity contribution in [1.29, 1.82) is 0 Å². The van der Waals surface area contributed by atoms with Crippen molar-refractivity contribution in [1.82, 2.24) is 0 Å². The van der Waals surface area contributed by atoms with E-state index in [0.29, 0.717) is 11.8 Å². The van der Waals surface area contributed by atoms with Crippen LogP contribution in [-0.2, 0) is 0 Å². The van der Waals surface area contributed by atoms with Gasteiger partial charge < -0.3 is 11.5 Å². The first-order valence-corrected chi connectivity index (χ1v) is 4.74. The van der Waals surface area contributed by atoms with Gasteiger partial charge >= 0.3 is 0 Å². The zero-order valence-electron chi connectivity index (χ0n) is 8.14. The van der Waals surface area contributed by atoms with Crippen LogP contribution in [-0.4, -0.2) is 13.1 Å². The van der Waals surface area contributed by atoms with Crippen LogP contribution in [0.1, 0.15) is 26.7 Å². The van der Waals surface area contributed by atoms with Gasteiger partial charge in [-0.3, -0.25) is 0 Å². The molecule has 2 unspecified atom stereocenters. The summed E-state index contributed by atoms with van der Waals surface area (Å²) in [6.07, 6.45) is 2.31. The van der Waals surface area contributed by atoms with Gasteiger partial charge in [0.05, 0.1) is 0 Å². The number of nitrogens with two attached hydrogens (primary N) is 2. The SMILES string of the molecule is CC1=C(C)CC(CN)C(CN)C1. The number of rotatable bonds is 2. The third kappa shape index (κ3) is 1.87. The van der Waals surface area contributed by atoms with Crippen molar-refractivity contribution >= 4 is 0 Å². The minimum atomic E-state index is 0.624. The number of allylic oxidation sites excluding steroid dienone is 2. The van der Waals surface area contributed by atoms with Gasteiger partial charge in [-0.2, -0.15) is 0 Å². The smallest absolute Gasteiger partial charge is 0.00426 e. The van der Waals surface area contributed by atoms with E-state index in [1.807, 2.05) is 0 Å². The molecule has 0 saturated heterocycles. The molecule has 0 heterocycles. The molecule has 0 spiro atoms. The van der Waals surface area contributed by atoms with Gasteiger partial charge in [-0.1, -0.05) is 11.1 Å². The molecule has 12 heavy (non-hydrogen) atoms. The van der Waals surface area contributed by atoms with Crippen molar-refractivity contribution in [2.75, 3.05) is 13.1 Å². The lowest BCUT2D eigenvalue weighted by molar-refractivity contribution is 0.321. The molecule has 0 radical (unpaired) electrons. The van der Waals surface area contributed by atoms with E-state index in [4.69, 9.17) is 11.5 Å². The first kappa shape index (κ1) is 9.75. The Hall–Kier alpha value is -0.340. The summed E-state index contributed by atoms with van der Waals surface area (Å²) < 4.78 is 0. The molecule has 0 aliphatic heterocycles. The fourth-order valence-electron chi connectivity index (χ4n) is 2.02. The first-order valence-electron chi connectivity index (χ1n) is 4.74. The highest BCUT2D eigenvalue weighted by Crippen LogP contribution is 2.32. The molecule has 1 rings (SSSR count). The molecule has 0 saturated carbocycles. The van der Waals surface area contributed by atoms with Crippen LogP contribution in [0.25, 0.3) is 0 Å². The summed E-state index contributed by atoms with van der Waals surface area (Å²) in [6, 6.07) is 0. The summed E-state index contributed by atoms with van der Waals surface area (Å²) >= 11 is 0. The zero-order valence-corrected chi connectivity index (χ0v) is 8.14. The zero-order chi connectivity index (χ0) is 9.14. The summed E-state index contributed by atoms with van der Waals surface area (Å²) in [4.78, 5) is 0. The lowest BCUT2D eigenvalue weighted by atomic mass is 9.77. The van der Waals surface area contributed by atoms with Crippen LogP contribution in [0.3, 0.4) is 0 Å². The normalized spacial score (nSPS) is 31.0. The van der Waals surface area contributed by atoms with E-state index in [1.54, 1.807) is 0 Å². The molecular weight excluding hydrogens is 148 g/mol. The molecular formula is C10H20N2. The maximum atomic E-state index is 5.70. The van der Waals surface area contributed by atoms with E-state index in [-0.39, 0.29) is 0 Å². The van der Waals surface area contributed by atoms with Crippen LogP contribution >= 0.6 is 0 Å². The van der Waals surface area contributed by atoms with Crippen molar-refractivity contribution < 1.29 is 0 Å². The van der Waals surface area contributed by atoms with E-state index in [1.165, 1.54) is 11.1 Å². The Kier molecular flexibility index (Phi) is 3.29. The maximum Gasteiger partial charge on any atom is -0.00426 e. The standard InChI is InChI=1S/C10H20N2/c1-7-3-9(5-11)10(6-12)4-8(7)2/h9-10H,3-6,11-12H2,1-2H3. The predicted molar refractivity (Wildman–Crippen MR) is 52.7 cm³/mol. The van der Waals surface area contributed by atoms with Crippen LogP contribution in [0.5, 0.6) is 0 Å². The van der Waals surface area contributed by atoms with Gasteiger partial charge in [-0.15, -0.1) is 0 Å². The summed E-state index contributed by atoms with van der Waals surface area (Å²) in [7, 11) is 0. The Morgan fingerprint density at radius 2 is 1.33 bits per heavy atom. The Balaban J connectivity index is 2.68. The van der Waals surface area contributed by atoms with Gasteiger partial charge in [-0.25, -0.2) is 0 Å². The Morgan fingerprint density at radius 3 is 1.58 bits per heavy atom. The molecule has 2 atom stereocenters. The summed E-state index contributed by atoms with van der Waals surface area (Å²) in [6.45, 7) is 5.99. The van der Waals surface area contributed by atoms with Gasteiger partial charge in [0.1, 0.15) is 0 Å². The number of hydrogen-bond acceptors (Lipinski definition) is 2. The van der Waals surface area contributed by atoms with Crippen LogP contribution in [0, 0.1) is 11.8 Å². The fraction of sp³-hybridized carbons (Fsp3) is 0.800. The Bertz CT molecular complexity index is 164. The molecule has 0 bridgehead atoms. The molecule has 0 aromatic rings. The van der Waals surface area contributed by atoms with Gasteiger partial charge in [0.15, 0.2) is 0 Å². The Labute approximate surface area is 75.0 Å². The lowest BCUT2D eigenvalue weighted by Gasteiger charge is -2.31. The summed E-state index contributed by atoms with van der Waals surface area (Å²) in [5.74, 6) is 1.25. The monoisotopic (exact) mass is 168 g/mol. The van der Waals surface area contributed by atoms with Crippen LogP contribution in [0.4, 0.5) is 0 Å². The molecule has 0 fully saturated rings. The predicted octanol–water partition coefficient (Wildman–Crippen LogP) is 1.27. The minimum absolute atomic E-state index is 0.624. The second kappa shape index (κ2) is 4.06. The molecule has 2 nitrogen and oxygen atoms in total. The van der Waals surface area contributed by atoms with Crippen LogP contribution < -0.4 is 11.5 Å². The molecule has 0 aromatic heterocycles. The van der Waals surface area contributed by atoms with E-state index < -0.39 is 0 Å². The molecule has 0 aromatic carbocycles. The quantitative estimate of drug-likeness (QED) is 0.610. The van der Waals surface area contributed by atoms with Gasteiger partial charge in [0.25, 0.3) is 0 Å². The van der Waals surface area contributed by atoms with E-state index in [9.17, 15) is 0 Å². The average molecular weight is 168 g/mol. The third-order valence-electron chi connectivity index (χ3n) is 3.14. The second-order valence-electron chi connectivity index (χ2n) is 3.96. The van der Waals surface area contributed by atoms with Gasteiger partial charge in [0, 0.05) is 0 Å². The highest BCUT2D eigenvalue weighted by atomic mass is 14.6. The van der Waals surface area contributed by atoms with Gasteiger partial charge in [0.2, 0.25) is 0 Å². The van der Waals surface area contributed by atoms with Crippen molar-refractivity contribution in [3.05, 3.63) is 11.1 Å². The van der Waals surface area contributed by atoms with Crippen molar-refractivity contribution in [2.45, 2.75) is 26.7 Å². The molecule has 70 valence electrons. The molecule has 1 aliphatic rings. The summed E-state index contributed by atoms with van der Waals surface area (Å²) in [5.41, 5.74) is 14.4. The van der Waals surface area contributed by atoms with Crippen LogP contribution in [0.15, 0.2) is 11.1 Å². The van der Waals surface area contributed by atoms with Crippen molar-refractivity contribution in [3.8, 4) is 0 Å². The second-order valence-corrected chi connectivity index (χ2v) is 3.96. The first-order chi connectivity index (χ1) is 5.69.